The average molecular weight is 393 g/mol. The molecule has 0 spiro atoms. The van der Waals surface area contributed by atoms with Crippen molar-refractivity contribution in [2.75, 3.05) is 13.7 Å². The molecule has 0 aliphatic heterocycles. The summed E-state index contributed by atoms with van der Waals surface area (Å²) in [5.74, 6) is -2.51. The smallest absolute Gasteiger partial charge is 0.451 e. The number of carbonyl (C=O) groups is 3. The second kappa shape index (κ2) is 11.6. The molecule has 0 aliphatic rings. The van der Waals surface area contributed by atoms with Crippen molar-refractivity contribution in [2.24, 2.45) is 0 Å². The van der Waals surface area contributed by atoms with Crippen LogP contribution in [0.15, 0.2) is 30.3 Å². The number of guanidine groups is 1. The Morgan fingerprint density at radius 2 is 1.82 bits per heavy atom. The van der Waals surface area contributed by atoms with Crippen molar-refractivity contribution in [1.82, 2.24) is 9.96 Å². The molecular formula is C19H27N3O6. The Labute approximate surface area is 164 Å². The van der Waals surface area contributed by atoms with Gasteiger partial charge in [-0.2, -0.15) is 0 Å². The predicted octanol–water partition coefficient (Wildman–Crippen LogP) is 2.66. The van der Waals surface area contributed by atoms with Gasteiger partial charge >= 0.3 is 18.0 Å². The first kappa shape index (κ1) is 22.9. The molecule has 0 heterocycles. The first-order valence-electron chi connectivity index (χ1n) is 9.07. The van der Waals surface area contributed by atoms with Crippen LogP contribution in [0.2, 0.25) is 0 Å². The van der Waals surface area contributed by atoms with Gasteiger partial charge in [-0.05, 0) is 18.9 Å². The van der Waals surface area contributed by atoms with E-state index in [0.717, 1.165) is 11.3 Å². The zero-order chi connectivity index (χ0) is 21.1. The standard InChI is InChI=1S/C19H27N3O6/c1-4-6-12-15(17(24)25)21(3)18(20)22(19(26)27-5-2)28-16(23)13-14-10-8-7-9-11-14/h7-11,15,20H,4-6,12-13H2,1-3H3,(H,24,25). The number of nitrogens with one attached hydrogen (secondary N) is 1. The first-order valence-corrected chi connectivity index (χ1v) is 9.07. The Morgan fingerprint density at radius 3 is 2.36 bits per heavy atom. The van der Waals surface area contributed by atoms with E-state index >= 15 is 0 Å². The third-order valence-corrected chi connectivity index (χ3v) is 3.93. The summed E-state index contributed by atoms with van der Waals surface area (Å²) in [5.41, 5.74) is 0.669. The Kier molecular flexibility index (Phi) is 9.49. The van der Waals surface area contributed by atoms with E-state index in [4.69, 9.17) is 15.0 Å². The zero-order valence-electron chi connectivity index (χ0n) is 16.4. The molecule has 0 aromatic heterocycles. The third-order valence-electron chi connectivity index (χ3n) is 3.93. The van der Waals surface area contributed by atoms with Gasteiger partial charge in [0, 0.05) is 7.05 Å². The number of ether oxygens (including phenoxy) is 1. The Morgan fingerprint density at radius 1 is 1.18 bits per heavy atom. The molecule has 9 nitrogen and oxygen atoms in total. The normalized spacial score (nSPS) is 11.2. The van der Waals surface area contributed by atoms with Crippen LogP contribution in [0, 0.1) is 5.41 Å². The van der Waals surface area contributed by atoms with E-state index in [-0.39, 0.29) is 19.4 Å². The number of unbranched alkanes of at least 4 members (excludes halogenated alkanes) is 1. The highest BCUT2D eigenvalue weighted by molar-refractivity contribution is 5.94. The summed E-state index contributed by atoms with van der Waals surface area (Å²) in [6.45, 7) is 3.48. The van der Waals surface area contributed by atoms with Crippen LogP contribution in [0.3, 0.4) is 0 Å². The molecule has 2 N–H and O–H groups in total. The molecule has 1 amide bonds. The molecule has 0 saturated carbocycles. The van der Waals surface area contributed by atoms with Crippen LogP contribution in [-0.4, -0.2) is 58.8 Å². The van der Waals surface area contributed by atoms with Gasteiger partial charge in [0.1, 0.15) is 6.04 Å². The van der Waals surface area contributed by atoms with Crippen molar-refractivity contribution >= 4 is 24.0 Å². The van der Waals surface area contributed by atoms with E-state index in [1.165, 1.54) is 7.05 Å². The molecule has 1 rings (SSSR count). The highest BCUT2D eigenvalue weighted by atomic mass is 16.8. The van der Waals surface area contributed by atoms with Crippen LogP contribution < -0.4 is 0 Å². The fourth-order valence-corrected chi connectivity index (χ4v) is 2.42. The van der Waals surface area contributed by atoms with Gasteiger partial charge in [-0.25, -0.2) is 14.4 Å². The van der Waals surface area contributed by atoms with Gasteiger partial charge in [0.25, 0.3) is 0 Å². The number of likely N-dealkylation sites (N-methyl/N-ethyl adjacent to an activating group) is 1. The number of carbonyl (C=O) groups excluding carboxylic acids is 2. The zero-order valence-corrected chi connectivity index (χ0v) is 16.4. The van der Waals surface area contributed by atoms with Crippen molar-refractivity contribution in [1.29, 1.82) is 5.41 Å². The van der Waals surface area contributed by atoms with E-state index in [9.17, 15) is 19.5 Å². The van der Waals surface area contributed by atoms with Crippen LogP contribution in [0.1, 0.15) is 38.7 Å². The van der Waals surface area contributed by atoms with Crippen molar-refractivity contribution in [3.63, 3.8) is 0 Å². The van der Waals surface area contributed by atoms with Crippen molar-refractivity contribution in [3.05, 3.63) is 35.9 Å². The minimum Gasteiger partial charge on any atom is -0.480 e. The van der Waals surface area contributed by atoms with E-state index in [1.54, 1.807) is 37.3 Å². The number of aliphatic carboxylic acids is 1. The molecule has 0 saturated heterocycles. The van der Waals surface area contributed by atoms with E-state index in [2.05, 4.69) is 0 Å². The number of hydrogen-bond donors (Lipinski definition) is 2. The molecule has 0 aliphatic carbocycles. The van der Waals surface area contributed by atoms with E-state index in [1.807, 2.05) is 6.92 Å². The maximum Gasteiger partial charge on any atom is 0.451 e. The highest BCUT2D eigenvalue weighted by Gasteiger charge is 2.33. The van der Waals surface area contributed by atoms with Gasteiger partial charge in [-0.15, -0.1) is 0 Å². The summed E-state index contributed by atoms with van der Waals surface area (Å²) in [6.07, 6.45) is 0.492. The molecule has 9 heteroatoms. The maximum absolute atomic E-state index is 12.2. The summed E-state index contributed by atoms with van der Waals surface area (Å²) < 4.78 is 4.84. The number of rotatable bonds is 8. The first-order chi connectivity index (χ1) is 13.3. The summed E-state index contributed by atoms with van der Waals surface area (Å²) in [4.78, 5) is 42.1. The minimum absolute atomic E-state index is 0.000751. The second-order valence-electron chi connectivity index (χ2n) is 6.05. The fourth-order valence-electron chi connectivity index (χ4n) is 2.42. The van der Waals surface area contributed by atoms with Gasteiger partial charge in [-0.1, -0.05) is 55.2 Å². The number of nitrogens with zero attached hydrogens (tertiary/aromatic N) is 2. The Bertz CT molecular complexity index is 680. The molecular weight excluding hydrogens is 366 g/mol. The second-order valence-corrected chi connectivity index (χ2v) is 6.05. The molecule has 1 atom stereocenters. The number of hydrogen-bond acceptors (Lipinski definition) is 6. The highest BCUT2D eigenvalue weighted by Crippen LogP contribution is 2.12. The lowest BCUT2D eigenvalue weighted by Crippen LogP contribution is -2.52. The van der Waals surface area contributed by atoms with Gasteiger partial charge < -0.3 is 19.6 Å². The summed E-state index contributed by atoms with van der Waals surface area (Å²) in [7, 11) is 1.36. The van der Waals surface area contributed by atoms with Crippen molar-refractivity contribution in [3.8, 4) is 0 Å². The number of amides is 1. The molecule has 0 fully saturated rings. The molecule has 28 heavy (non-hydrogen) atoms. The average Bonchev–Trinajstić information content (AvgIpc) is 2.66. The van der Waals surface area contributed by atoms with Gasteiger partial charge in [0.15, 0.2) is 0 Å². The number of hydroxylamine groups is 2. The lowest BCUT2D eigenvalue weighted by Gasteiger charge is -2.31. The van der Waals surface area contributed by atoms with E-state index in [0.29, 0.717) is 17.0 Å². The van der Waals surface area contributed by atoms with Gasteiger partial charge in [0.05, 0.1) is 13.0 Å². The van der Waals surface area contributed by atoms with Crippen molar-refractivity contribution in [2.45, 2.75) is 45.6 Å². The number of carboxylic acid groups (broad SMARTS) is 1. The molecule has 0 radical (unpaired) electrons. The van der Waals surface area contributed by atoms with Crippen LogP contribution in [0.5, 0.6) is 0 Å². The van der Waals surface area contributed by atoms with Crippen LogP contribution in [0.4, 0.5) is 4.79 Å². The lowest BCUT2D eigenvalue weighted by atomic mass is 10.1. The van der Waals surface area contributed by atoms with Gasteiger partial charge in [-0.3, -0.25) is 5.41 Å². The minimum atomic E-state index is -1.14. The third kappa shape index (κ3) is 6.90. The molecule has 1 aromatic carbocycles. The summed E-state index contributed by atoms with van der Waals surface area (Å²) in [5, 5.41) is 18.0. The molecule has 1 aromatic rings. The fraction of sp³-hybridized carbons (Fsp3) is 0.474. The van der Waals surface area contributed by atoms with Crippen LogP contribution in [-0.2, 0) is 25.6 Å². The predicted molar refractivity (Wildman–Crippen MR) is 102 cm³/mol. The topological polar surface area (TPSA) is 120 Å². The Hall–Kier alpha value is -3.10. The Balaban J connectivity index is 2.94. The van der Waals surface area contributed by atoms with Crippen molar-refractivity contribution < 1.29 is 29.1 Å². The van der Waals surface area contributed by atoms with Crippen LogP contribution >= 0.6 is 0 Å². The number of carboxylic acids is 1. The quantitative estimate of drug-likeness (QED) is 0.396. The van der Waals surface area contributed by atoms with Crippen LogP contribution in [0.25, 0.3) is 0 Å². The molecule has 0 bridgehead atoms. The maximum atomic E-state index is 12.2. The molecule has 1 unspecified atom stereocenters. The number of benzene rings is 1. The molecule has 154 valence electrons. The van der Waals surface area contributed by atoms with Gasteiger partial charge in [0.2, 0.25) is 5.96 Å². The summed E-state index contributed by atoms with van der Waals surface area (Å²) in [6, 6.07) is 7.71. The monoisotopic (exact) mass is 393 g/mol. The SMILES string of the molecule is CCCCC(C(=O)O)N(C)C(=N)N(OC(=O)Cc1ccccc1)C(=O)OCC. The largest absolute Gasteiger partial charge is 0.480 e. The van der Waals surface area contributed by atoms with E-state index < -0.39 is 30.0 Å². The lowest BCUT2D eigenvalue weighted by molar-refractivity contribution is -0.169. The summed E-state index contributed by atoms with van der Waals surface area (Å²) >= 11 is 0.